The van der Waals surface area contributed by atoms with Crippen molar-refractivity contribution in [3.8, 4) is 0 Å². The summed E-state index contributed by atoms with van der Waals surface area (Å²) in [5.41, 5.74) is 2.05. The molecule has 0 spiro atoms. The number of aryl methyl sites for hydroxylation is 1. The summed E-state index contributed by atoms with van der Waals surface area (Å²) in [5.74, 6) is 0.216. The molecule has 3 heteroatoms. The molecule has 1 aromatic carbocycles. The lowest BCUT2D eigenvalue weighted by Crippen LogP contribution is -2.01. The van der Waals surface area contributed by atoms with Gasteiger partial charge in [0, 0.05) is 9.13 Å². The highest BCUT2D eigenvalue weighted by atomic mass is 127. The van der Waals surface area contributed by atoms with Crippen LogP contribution in [0.5, 0.6) is 0 Å². The van der Waals surface area contributed by atoms with E-state index in [9.17, 15) is 0 Å². The molecule has 0 heterocycles. The van der Waals surface area contributed by atoms with E-state index in [-0.39, 0.29) is 5.90 Å². The number of hydrogen-bond acceptors (Lipinski definition) is 2. The fourth-order valence-electron chi connectivity index (χ4n) is 0.852. The lowest BCUT2D eigenvalue weighted by Gasteiger charge is -2.03. The van der Waals surface area contributed by atoms with Crippen LogP contribution in [0.15, 0.2) is 18.2 Å². The molecule has 0 saturated carbocycles. The first kappa shape index (κ1) is 9.51. The molecule has 0 aliphatic carbocycles. The second kappa shape index (κ2) is 3.89. The van der Waals surface area contributed by atoms with Gasteiger partial charge in [0.05, 0.1) is 7.11 Å². The van der Waals surface area contributed by atoms with Gasteiger partial charge in [-0.1, -0.05) is 6.07 Å². The van der Waals surface area contributed by atoms with E-state index in [1.165, 1.54) is 12.7 Å². The first-order valence-electron chi connectivity index (χ1n) is 3.54. The summed E-state index contributed by atoms with van der Waals surface area (Å²) in [5, 5.41) is 7.42. The number of hydrogen-bond donors (Lipinski definition) is 1. The Kier molecular flexibility index (Phi) is 3.08. The summed E-state index contributed by atoms with van der Waals surface area (Å²) < 4.78 is 5.97. The minimum Gasteiger partial charge on any atom is -0.481 e. The molecule has 0 bridgehead atoms. The van der Waals surface area contributed by atoms with Crippen molar-refractivity contribution in [1.29, 1.82) is 5.41 Å². The van der Waals surface area contributed by atoms with Gasteiger partial charge in [0.25, 0.3) is 0 Å². The lowest BCUT2D eigenvalue weighted by atomic mass is 10.1. The van der Waals surface area contributed by atoms with Crippen molar-refractivity contribution in [2.24, 2.45) is 0 Å². The first-order chi connectivity index (χ1) is 5.65. The Balaban J connectivity index is 3.05. The molecule has 12 heavy (non-hydrogen) atoms. The SMILES string of the molecule is COC(=N)c1ccc(C)c(I)c1. The molecule has 1 N–H and O–H groups in total. The summed E-state index contributed by atoms with van der Waals surface area (Å²) in [4.78, 5) is 0. The average molecular weight is 275 g/mol. The molecule has 2 nitrogen and oxygen atoms in total. The van der Waals surface area contributed by atoms with E-state index < -0.39 is 0 Å². The summed E-state index contributed by atoms with van der Waals surface area (Å²) in [6.07, 6.45) is 0. The summed E-state index contributed by atoms with van der Waals surface area (Å²) in [6.45, 7) is 2.04. The minimum absolute atomic E-state index is 0.216. The number of methoxy groups -OCH3 is 1. The number of halogens is 1. The predicted octanol–water partition coefficient (Wildman–Crippen LogP) is 2.57. The van der Waals surface area contributed by atoms with Crippen LogP contribution in [0.4, 0.5) is 0 Å². The van der Waals surface area contributed by atoms with E-state index in [0.717, 1.165) is 9.13 Å². The van der Waals surface area contributed by atoms with Gasteiger partial charge < -0.3 is 4.74 Å². The number of benzene rings is 1. The van der Waals surface area contributed by atoms with Crippen LogP contribution in [0, 0.1) is 15.9 Å². The van der Waals surface area contributed by atoms with Crippen LogP contribution in [0.2, 0.25) is 0 Å². The normalized spacial score (nSPS) is 9.58. The lowest BCUT2D eigenvalue weighted by molar-refractivity contribution is 0.401. The highest BCUT2D eigenvalue weighted by molar-refractivity contribution is 14.1. The van der Waals surface area contributed by atoms with E-state index in [2.05, 4.69) is 22.6 Å². The molecule has 0 saturated heterocycles. The minimum atomic E-state index is 0.216. The molecule has 0 radical (unpaired) electrons. The third-order valence-electron chi connectivity index (χ3n) is 1.64. The van der Waals surface area contributed by atoms with E-state index in [1.54, 1.807) is 0 Å². The molecular formula is C9H10INO. The van der Waals surface area contributed by atoms with Crippen molar-refractivity contribution < 1.29 is 4.74 Å². The van der Waals surface area contributed by atoms with Gasteiger partial charge >= 0.3 is 0 Å². The third-order valence-corrected chi connectivity index (χ3v) is 2.80. The first-order valence-corrected chi connectivity index (χ1v) is 4.62. The smallest absolute Gasteiger partial charge is 0.212 e. The Bertz CT molecular complexity index is 309. The maximum absolute atomic E-state index is 7.42. The maximum atomic E-state index is 7.42. The molecule has 0 amide bonds. The molecule has 1 rings (SSSR count). The predicted molar refractivity (Wildman–Crippen MR) is 57.7 cm³/mol. The molecule has 1 aromatic rings. The fourth-order valence-corrected chi connectivity index (χ4v) is 1.37. The quantitative estimate of drug-likeness (QED) is 0.477. The molecule has 0 fully saturated rings. The van der Waals surface area contributed by atoms with Gasteiger partial charge in [-0.15, -0.1) is 0 Å². The summed E-state index contributed by atoms with van der Waals surface area (Å²) >= 11 is 2.25. The van der Waals surface area contributed by atoms with E-state index >= 15 is 0 Å². The van der Waals surface area contributed by atoms with Crippen LogP contribution in [0.3, 0.4) is 0 Å². The van der Waals surface area contributed by atoms with Gasteiger partial charge in [0.15, 0.2) is 0 Å². The van der Waals surface area contributed by atoms with E-state index in [4.69, 9.17) is 10.1 Å². The molecule has 0 aliphatic rings. The maximum Gasteiger partial charge on any atom is 0.212 e. The highest BCUT2D eigenvalue weighted by Crippen LogP contribution is 2.13. The van der Waals surface area contributed by atoms with Gasteiger partial charge in [0.2, 0.25) is 5.90 Å². The van der Waals surface area contributed by atoms with Crippen LogP contribution < -0.4 is 0 Å². The standard InChI is InChI=1S/C9H10INO/c1-6-3-4-7(5-8(6)10)9(11)12-2/h3-5,11H,1-2H3. The summed E-state index contributed by atoms with van der Waals surface area (Å²) in [7, 11) is 1.51. The fraction of sp³-hybridized carbons (Fsp3) is 0.222. The van der Waals surface area contributed by atoms with Crippen molar-refractivity contribution in [3.63, 3.8) is 0 Å². The number of ether oxygens (including phenoxy) is 1. The van der Waals surface area contributed by atoms with Gasteiger partial charge in [-0.2, -0.15) is 0 Å². The van der Waals surface area contributed by atoms with Crippen molar-refractivity contribution in [1.82, 2.24) is 0 Å². The van der Waals surface area contributed by atoms with E-state index in [1.807, 2.05) is 25.1 Å². The zero-order chi connectivity index (χ0) is 9.14. The zero-order valence-corrected chi connectivity index (χ0v) is 9.18. The number of nitrogens with one attached hydrogen (secondary N) is 1. The van der Waals surface area contributed by atoms with Gasteiger partial charge in [-0.05, 0) is 47.2 Å². The van der Waals surface area contributed by atoms with Crippen molar-refractivity contribution in [3.05, 3.63) is 32.9 Å². The molecule has 0 aliphatic heterocycles. The second-order valence-corrected chi connectivity index (χ2v) is 3.66. The Morgan fingerprint density at radius 3 is 2.67 bits per heavy atom. The molecule has 0 unspecified atom stereocenters. The highest BCUT2D eigenvalue weighted by Gasteiger charge is 2.02. The summed E-state index contributed by atoms with van der Waals surface area (Å²) in [6, 6.07) is 5.83. The largest absolute Gasteiger partial charge is 0.481 e. The monoisotopic (exact) mass is 275 g/mol. The van der Waals surface area contributed by atoms with Gasteiger partial charge in [-0.25, -0.2) is 0 Å². The molecular weight excluding hydrogens is 265 g/mol. The topological polar surface area (TPSA) is 33.1 Å². The molecule has 0 aromatic heterocycles. The average Bonchev–Trinajstić information content (AvgIpc) is 2.08. The van der Waals surface area contributed by atoms with Gasteiger partial charge in [0.1, 0.15) is 0 Å². The van der Waals surface area contributed by atoms with Crippen LogP contribution in [-0.4, -0.2) is 13.0 Å². The van der Waals surface area contributed by atoms with Gasteiger partial charge in [-0.3, -0.25) is 5.41 Å². The van der Waals surface area contributed by atoms with Crippen LogP contribution in [0.1, 0.15) is 11.1 Å². The Morgan fingerprint density at radius 2 is 2.17 bits per heavy atom. The molecule has 0 atom stereocenters. The van der Waals surface area contributed by atoms with Crippen molar-refractivity contribution >= 4 is 28.5 Å². The van der Waals surface area contributed by atoms with Crippen LogP contribution in [-0.2, 0) is 4.74 Å². The Labute approximate surface area is 85.6 Å². The zero-order valence-electron chi connectivity index (χ0n) is 7.02. The Morgan fingerprint density at radius 1 is 1.50 bits per heavy atom. The Hall–Kier alpha value is -0.580. The number of rotatable bonds is 1. The van der Waals surface area contributed by atoms with Crippen molar-refractivity contribution in [2.75, 3.05) is 7.11 Å². The van der Waals surface area contributed by atoms with E-state index in [0.29, 0.717) is 0 Å². The van der Waals surface area contributed by atoms with Crippen LogP contribution in [0.25, 0.3) is 0 Å². The third kappa shape index (κ3) is 1.97. The van der Waals surface area contributed by atoms with Crippen LogP contribution >= 0.6 is 22.6 Å². The van der Waals surface area contributed by atoms with Crippen molar-refractivity contribution in [2.45, 2.75) is 6.92 Å². The molecule has 64 valence electrons. The second-order valence-electron chi connectivity index (χ2n) is 2.50.